The second-order valence-corrected chi connectivity index (χ2v) is 5.80. The summed E-state index contributed by atoms with van der Waals surface area (Å²) in [5.41, 5.74) is -0.179. The number of hydrogen-bond donors (Lipinski definition) is 2. The monoisotopic (exact) mass is 267 g/mol. The third-order valence-electron chi connectivity index (χ3n) is 2.19. The third kappa shape index (κ3) is 3.77. The van der Waals surface area contributed by atoms with Crippen molar-refractivity contribution in [2.24, 2.45) is 0 Å². The fourth-order valence-corrected chi connectivity index (χ4v) is 1.87. The molecule has 1 rings (SSSR count). The molecule has 0 aliphatic rings. The Morgan fingerprint density at radius 2 is 1.83 bits per heavy atom. The maximum atomic E-state index is 12.1. The van der Waals surface area contributed by atoms with E-state index in [0.717, 1.165) is 4.90 Å². The number of thioether (sulfide) groups is 1. The lowest BCUT2D eigenvalue weighted by Gasteiger charge is -2.21. The highest BCUT2D eigenvalue weighted by Gasteiger charge is 2.21. The van der Waals surface area contributed by atoms with E-state index in [1.807, 2.05) is 27.0 Å². The normalized spacial score (nSPS) is 11.1. The van der Waals surface area contributed by atoms with Crippen molar-refractivity contribution in [1.29, 1.82) is 0 Å². The number of benzene rings is 1. The maximum absolute atomic E-state index is 12.1. The molecule has 0 fully saturated rings. The number of aromatic carboxylic acids is 1. The minimum atomic E-state index is -1.10. The summed E-state index contributed by atoms with van der Waals surface area (Å²) in [6, 6.07) is 4.77. The highest BCUT2D eigenvalue weighted by atomic mass is 32.2. The van der Waals surface area contributed by atoms with Crippen LogP contribution in [-0.2, 0) is 0 Å². The van der Waals surface area contributed by atoms with Crippen LogP contribution in [0.2, 0.25) is 0 Å². The van der Waals surface area contributed by atoms with Crippen LogP contribution < -0.4 is 5.32 Å². The summed E-state index contributed by atoms with van der Waals surface area (Å²) in [7, 11) is 0. The molecule has 0 aliphatic heterocycles. The summed E-state index contributed by atoms with van der Waals surface area (Å²) in [5, 5.41) is 11.9. The molecule has 0 radical (unpaired) electrons. The molecule has 0 spiro atoms. The van der Waals surface area contributed by atoms with Gasteiger partial charge in [-0.05, 0) is 45.2 Å². The van der Waals surface area contributed by atoms with E-state index in [0.29, 0.717) is 0 Å². The smallest absolute Gasteiger partial charge is 0.336 e. The fraction of sp³-hybridized carbons (Fsp3) is 0.385. The second-order valence-electron chi connectivity index (χ2n) is 4.92. The lowest BCUT2D eigenvalue weighted by Crippen LogP contribution is -2.41. The Hall–Kier alpha value is -1.49. The molecule has 18 heavy (non-hydrogen) atoms. The first-order valence-electron chi connectivity index (χ1n) is 5.48. The number of hydrogen-bond acceptors (Lipinski definition) is 3. The molecule has 5 heteroatoms. The minimum Gasteiger partial charge on any atom is -0.478 e. The predicted molar refractivity (Wildman–Crippen MR) is 72.4 cm³/mol. The molecule has 2 N–H and O–H groups in total. The van der Waals surface area contributed by atoms with E-state index in [2.05, 4.69) is 5.32 Å². The van der Waals surface area contributed by atoms with Crippen LogP contribution >= 0.6 is 11.8 Å². The molecule has 0 aliphatic carbocycles. The van der Waals surface area contributed by atoms with Gasteiger partial charge in [0.15, 0.2) is 0 Å². The molecule has 1 aromatic rings. The van der Waals surface area contributed by atoms with Gasteiger partial charge in [-0.15, -0.1) is 11.8 Å². The minimum absolute atomic E-state index is 0.0227. The number of rotatable bonds is 3. The summed E-state index contributed by atoms with van der Waals surface area (Å²) in [6.45, 7) is 5.55. The van der Waals surface area contributed by atoms with Gasteiger partial charge < -0.3 is 10.4 Å². The molecule has 4 nitrogen and oxygen atoms in total. The number of carbonyl (C=O) groups excluding carboxylic acids is 1. The molecule has 98 valence electrons. The van der Waals surface area contributed by atoms with Gasteiger partial charge >= 0.3 is 5.97 Å². The number of amides is 1. The molecule has 0 saturated carbocycles. The van der Waals surface area contributed by atoms with Gasteiger partial charge in [-0.25, -0.2) is 4.79 Å². The van der Waals surface area contributed by atoms with Gasteiger partial charge in [0.05, 0.1) is 11.1 Å². The highest BCUT2D eigenvalue weighted by molar-refractivity contribution is 7.98. The average molecular weight is 267 g/mol. The first-order valence-corrected chi connectivity index (χ1v) is 6.71. The predicted octanol–water partition coefficient (Wildman–Crippen LogP) is 2.64. The van der Waals surface area contributed by atoms with Gasteiger partial charge in [0.1, 0.15) is 0 Å². The van der Waals surface area contributed by atoms with Crippen LogP contribution in [0.15, 0.2) is 23.1 Å². The zero-order chi connectivity index (χ0) is 13.9. The SMILES string of the molecule is CSc1ccc(C(=O)O)c(C(=O)NC(C)(C)C)c1. The van der Waals surface area contributed by atoms with Gasteiger partial charge in [-0.1, -0.05) is 0 Å². The van der Waals surface area contributed by atoms with E-state index in [1.165, 1.54) is 17.8 Å². The topological polar surface area (TPSA) is 66.4 Å². The van der Waals surface area contributed by atoms with E-state index >= 15 is 0 Å². The highest BCUT2D eigenvalue weighted by Crippen LogP contribution is 2.20. The van der Waals surface area contributed by atoms with Crippen LogP contribution in [0.5, 0.6) is 0 Å². The summed E-state index contributed by atoms with van der Waals surface area (Å²) in [4.78, 5) is 24.0. The number of carboxylic acids is 1. The Labute approximate surface area is 111 Å². The standard InChI is InChI=1S/C13H17NO3S/c1-13(2,3)14-11(15)10-7-8(18-4)5-6-9(10)12(16)17/h5-7H,1-4H3,(H,14,15)(H,16,17). The van der Waals surface area contributed by atoms with Crippen LogP contribution in [0.4, 0.5) is 0 Å². The zero-order valence-electron chi connectivity index (χ0n) is 10.9. The van der Waals surface area contributed by atoms with Gasteiger partial charge in [0.2, 0.25) is 0 Å². The van der Waals surface area contributed by atoms with Crippen molar-refractivity contribution < 1.29 is 14.7 Å². The lowest BCUT2D eigenvalue weighted by atomic mass is 10.0. The third-order valence-corrected chi connectivity index (χ3v) is 2.92. The quantitative estimate of drug-likeness (QED) is 0.826. The van der Waals surface area contributed by atoms with Crippen molar-refractivity contribution in [3.05, 3.63) is 29.3 Å². The van der Waals surface area contributed by atoms with Gasteiger partial charge in [0, 0.05) is 10.4 Å². The van der Waals surface area contributed by atoms with Crippen molar-refractivity contribution in [1.82, 2.24) is 5.32 Å². The lowest BCUT2D eigenvalue weighted by molar-refractivity contribution is 0.0689. The number of carbonyl (C=O) groups is 2. The first-order chi connectivity index (χ1) is 8.24. The number of carboxylic acid groups (broad SMARTS) is 1. The van der Waals surface area contributed by atoms with E-state index in [9.17, 15) is 9.59 Å². The zero-order valence-corrected chi connectivity index (χ0v) is 11.7. The van der Waals surface area contributed by atoms with Crippen molar-refractivity contribution in [2.45, 2.75) is 31.2 Å². The summed E-state index contributed by atoms with van der Waals surface area (Å²) in [6.07, 6.45) is 1.88. The van der Waals surface area contributed by atoms with Crippen LogP contribution in [0.3, 0.4) is 0 Å². The molecule has 0 heterocycles. The first kappa shape index (κ1) is 14.6. The molecule has 1 amide bonds. The summed E-state index contributed by atoms with van der Waals surface area (Å²) in [5.74, 6) is -1.46. The summed E-state index contributed by atoms with van der Waals surface area (Å²) >= 11 is 1.47. The molecule has 0 unspecified atom stereocenters. The summed E-state index contributed by atoms with van der Waals surface area (Å²) < 4.78 is 0. The molecule has 1 aromatic carbocycles. The fourth-order valence-electron chi connectivity index (χ4n) is 1.43. The molecule has 0 aromatic heterocycles. The van der Waals surface area contributed by atoms with E-state index in [1.54, 1.807) is 12.1 Å². The van der Waals surface area contributed by atoms with E-state index in [-0.39, 0.29) is 17.0 Å². The Bertz CT molecular complexity index is 478. The molecule has 0 bridgehead atoms. The molecular formula is C13H17NO3S. The van der Waals surface area contributed by atoms with Crippen LogP contribution in [0, 0.1) is 0 Å². The van der Waals surface area contributed by atoms with Crippen molar-refractivity contribution in [2.75, 3.05) is 6.26 Å². The average Bonchev–Trinajstić information content (AvgIpc) is 2.25. The van der Waals surface area contributed by atoms with Gasteiger partial charge in [-0.3, -0.25) is 4.79 Å². The van der Waals surface area contributed by atoms with Crippen molar-refractivity contribution >= 4 is 23.6 Å². The Kier molecular flexibility index (Phi) is 4.40. The Morgan fingerprint density at radius 3 is 2.28 bits per heavy atom. The maximum Gasteiger partial charge on any atom is 0.336 e. The van der Waals surface area contributed by atoms with E-state index in [4.69, 9.17) is 5.11 Å². The van der Waals surface area contributed by atoms with Gasteiger partial charge in [0.25, 0.3) is 5.91 Å². The number of nitrogens with one attached hydrogen (secondary N) is 1. The van der Waals surface area contributed by atoms with Crippen LogP contribution in [-0.4, -0.2) is 28.8 Å². The van der Waals surface area contributed by atoms with Crippen molar-refractivity contribution in [3.63, 3.8) is 0 Å². The second kappa shape index (κ2) is 5.44. The Morgan fingerprint density at radius 1 is 1.22 bits per heavy atom. The van der Waals surface area contributed by atoms with Gasteiger partial charge in [-0.2, -0.15) is 0 Å². The van der Waals surface area contributed by atoms with E-state index < -0.39 is 11.5 Å². The van der Waals surface area contributed by atoms with Crippen molar-refractivity contribution in [3.8, 4) is 0 Å². The molecular weight excluding hydrogens is 250 g/mol. The van der Waals surface area contributed by atoms with Crippen LogP contribution in [0.25, 0.3) is 0 Å². The molecule has 0 saturated heterocycles. The Balaban J connectivity index is 3.19. The molecule has 0 atom stereocenters. The largest absolute Gasteiger partial charge is 0.478 e. The van der Waals surface area contributed by atoms with Crippen LogP contribution in [0.1, 0.15) is 41.5 Å².